The minimum absolute atomic E-state index is 0.102. The summed E-state index contributed by atoms with van der Waals surface area (Å²) in [4.78, 5) is 11.5. The Morgan fingerprint density at radius 2 is 2.16 bits per heavy atom. The maximum atomic E-state index is 13.7. The fraction of sp³-hybridized carbons (Fsp3) is 0.357. The van der Waals surface area contributed by atoms with Gasteiger partial charge in [-0.25, -0.2) is 9.18 Å². The van der Waals surface area contributed by atoms with Gasteiger partial charge in [-0.15, -0.1) is 6.58 Å². The number of carbonyl (C=O) groups is 1. The first-order valence-corrected chi connectivity index (χ1v) is 5.83. The SMILES string of the molecule is C=CC(O)c1ccc(NC(=O)OC(C)(C)C)cc1F. The molecular formula is C14H18FNO3. The van der Waals surface area contributed by atoms with Crippen LogP contribution in [0.25, 0.3) is 0 Å². The number of halogens is 1. The first-order chi connectivity index (χ1) is 8.73. The normalized spacial score (nSPS) is 12.7. The molecule has 1 atom stereocenters. The van der Waals surface area contributed by atoms with Crippen LogP contribution in [0.5, 0.6) is 0 Å². The van der Waals surface area contributed by atoms with E-state index in [-0.39, 0.29) is 11.3 Å². The first kappa shape index (κ1) is 15.2. The van der Waals surface area contributed by atoms with E-state index in [9.17, 15) is 14.3 Å². The molecule has 0 heterocycles. The predicted molar refractivity (Wildman–Crippen MR) is 71.4 cm³/mol. The van der Waals surface area contributed by atoms with Gasteiger partial charge in [-0.3, -0.25) is 5.32 Å². The highest BCUT2D eigenvalue weighted by atomic mass is 19.1. The van der Waals surface area contributed by atoms with Crippen LogP contribution in [0.4, 0.5) is 14.9 Å². The Hall–Kier alpha value is -1.88. The van der Waals surface area contributed by atoms with Crippen molar-refractivity contribution < 1.29 is 19.0 Å². The third kappa shape index (κ3) is 4.71. The number of aliphatic hydroxyl groups excluding tert-OH is 1. The second kappa shape index (κ2) is 5.84. The van der Waals surface area contributed by atoms with Gasteiger partial charge in [-0.2, -0.15) is 0 Å². The van der Waals surface area contributed by atoms with Crippen LogP contribution in [0.1, 0.15) is 32.4 Å². The molecule has 0 aromatic heterocycles. The molecule has 1 aromatic rings. The van der Waals surface area contributed by atoms with Crippen LogP contribution >= 0.6 is 0 Å². The Kier molecular flexibility index (Phi) is 4.67. The van der Waals surface area contributed by atoms with Crippen molar-refractivity contribution in [1.82, 2.24) is 0 Å². The van der Waals surface area contributed by atoms with E-state index in [1.807, 2.05) is 0 Å². The molecule has 0 bridgehead atoms. The molecule has 0 aliphatic rings. The van der Waals surface area contributed by atoms with Crippen LogP contribution in [0.2, 0.25) is 0 Å². The average molecular weight is 267 g/mol. The van der Waals surface area contributed by atoms with Gasteiger partial charge < -0.3 is 9.84 Å². The summed E-state index contributed by atoms with van der Waals surface area (Å²) in [5.41, 5.74) is -0.266. The molecule has 0 radical (unpaired) electrons. The molecule has 0 saturated carbocycles. The molecule has 5 heteroatoms. The molecule has 0 fully saturated rings. The van der Waals surface area contributed by atoms with Crippen molar-refractivity contribution in [3.05, 3.63) is 42.2 Å². The molecule has 4 nitrogen and oxygen atoms in total. The van der Waals surface area contributed by atoms with Gasteiger partial charge in [0.2, 0.25) is 0 Å². The van der Waals surface area contributed by atoms with E-state index in [1.54, 1.807) is 20.8 Å². The van der Waals surface area contributed by atoms with Crippen molar-refractivity contribution in [3.8, 4) is 0 Å². The fourth-order valence-electron chi connectivity index (χ4n) is 1.39. The van der Waals surface area contributed by atoms with Crippen molar-refractivity contribution >= 4 is 11.8 Å². The van der Waals surface area contributed by atoms with Crippen LogP contribution in [-0.4, -0.2) is 16.8 Å². The number of ether oxygens (including phenoxy) is 1. The predicted octanol–water partition coefficient (Wildman–Crippen LogP) is 3.39. The summed E-state index contributed by atoms with van der Waals surface area (Å²) in [5.74, 6) is -0.624. The highest BCUT2D eigenvalue weighted by Crippen LogP contribution is 2.21. The fourth-order valence-corrected chi connectivity index (χ4v) is 1.39. The summed E-state index contributed by atoms with van der Waals surface area (Å²) >= 11 is 0. The van der Waals surface area contributed by atoms with E-state index in [0.29, 0.717) is 0 Å². The Morgan fingerprint density at radius 3 is 2.63 bits per heavy atom. The van der Waals surface area contributed by atoms with E-state index in [1.165, 1.54) is 18.2 Å². The molecule has 1 aromatic carbocycles. The topological polar surface area (TPSA) is 58.6 Å². The molecular weight excluding hydrogens is 249 g/mol. The number of benzene rings is 1. The van der Waals surface area contributed by atoms with Gasteiger partial charge in [0.1, 0.15) is 11.4 Å². The Bertz CT molecular complexity index is 480. The Morgan fingerprint density at radius 1 is 1.53 bits per heavy atom. The zero-order chi connectivity index (χ0) is 14.6. The van der Waals surface area contributed by atoms with Crippen molar-refractivity contribution in [2.75, 3.05) is 5.32 Å². The number of hydrogen-bond acceptors (Lipinski definition) is 3. The number of anilines is 1. The lowest BCUT2D eigenvalue weighted by Crippen LogP contribution is -2.27. The van der Waals surface area contributed by atoms with Gasteiger partial charge in [0.15, 0.2) is 0 Å². The smallest absolute Gasteiger partial charge is 0.412 e. The molecule has 0 saturated heterocycles. The molecule has 1 amide bonds. The standard InChI is InChI=1S/C14H18FNO3/c1-5-12(17)10-7-6-9(8-11(10)15)16-13(18)19-14(2,3)4/h5-8,12,17H,1H2,2-4H3,(H,16,18). The quantitative estimate of drug-likeness (QED) is 0.825. The number of aliphatic hydroxyl groups is 1. The van der Waals surface area contributed by atoms with Crippen molar-refractivity contribution in [3.63, 3.8) is 0 Å². The van der Waals surface area contributed by atoms with Crippen LogP contribution < -0.4 is 5.32 Å². The van der Waals surface area contributed by atoms with Crippen molar-refractivity contribution in [2.45, 2.75) is 32.5 Å². The van der Waals surface area contributed by atoms with Crippen molar-refractivity contribution in [1.29, 1.82) is 0 Å². The minimum Gasteiger partial charge on any atom is -0.444 e. The van der Waals surface area contributed by atoms with Gasteiger partial charge in [-0.05, 0) is 32.9 Å². The number of carbonyl (C=O) groups excluding carboxylic acids is 1. The van der Waals surface area contributed by atoms with Crippen LogP contribution in [0.15, 0.2) is 30.9 Å². The second-order valence-corrected chi connectivity index (χ2v) is 5.04. The molecule has 104 valence electrons. The minimum atomic E-state index is -1.07. The number of hydrogen-bond donors (Lipinski definition) is 2. The summed E-state index contributed by atoms with van der Waals surface area (Å²) in [5, 5.41) is 11.9. The summed E-state index contributed by atoms with van der Waals surface area (Å²) < 4.78 is 18.7. The Labute approximate surface area is 111 Å². The van der Waals surface area contributed by atoms with E-state index in [2.05, 4.69) is 11.9 Å². The molecule has 0 spiro atoms. The van der Waals surface area contributed by atoms with Gasteiger partial charge >= 0.3 is 6.09 Å². The van der Waals surface area contributed by atoms with Gasteiger partial charge in [-0.1, -0.05) is 12.1 Å². The third-order valence-electron chi connectivity index (χ3n) is 2.19. The molecule has 19 heavy (non-hydrogen) atoms. The van der Waals surface area contributed by atoms with Gasteiger partial charge in [0.05, 0.1) is 6.10 Å². The monoisotopic (exact) mass is 267 g/mol. The summed E-state index contributed by atoms with van der Waals surface area (Å²) in [7, 11) is 0. The molecule has 1 unspecified atom stereocenters. The van der Waals surface area contributed by atoms with Gasteiger partial charge in [0.25, 0.3) is 0 Å². The molecule has 2 N–H and O–H groups in total. The summed E-state index contributed by atoms with van der Waals surface area (Å²) in [6, 6.07) is 3.98. The largest absolute Gasteiger partial charge is 0.444 e. The van der Waals surface area contributed by atoms with E-state index in [4.69, 9.17) is 4.74 Å². The van der Waals surface area contributed by atoms with E-state index in [0.717, 1.165) is 6.07 Å². The number of rotatable bonds is 3. The number of nitrogens with one attached hydrogen (secondary N) is 1. The third-order valence-corrected chi connectivity index (χ3v) is 2.19. The first-order valence-electron chi connectivity index (χ1n) is 5.83. The van der Waals surface area contributed by atoms with E-state index < -0.39 is 23.6 Å². The average Bonchev–Trinajstić information content (AvgIpc) is 2.25. The summed E-state index contributed by atoms with van der Waals surface area (Å²) in [6.45, 7) is 8.58. The van der Waals surface area contributed by atoms with E-state index >= 15 is 0 Å². The highest BCUT2D eigenvalue weighted by Gasteiger charge is 2.17. The highest BCUT2D eigenvalue weighted by molar-refractivity contribution is 5.84. The maximum Gasteiger partial charge on any atom is 0.412 e. The zero-order valence-electron chi connectivity index (χ0n) is 11.2. The lowest BCUT2D eigenvalue weighted by molar-refractivity contribution is 0.0636. The van der Waals surface area contributed by atoms with Crippen molar-refractivity contribution in [2.24, 2.45) is 0 Å². The van der Waals surface area contributed by atoms with Crippen LogP contribution in [0, 0.1) is 5.82 Å². The lowest BCUT2D eigenvalue weighted by atomic mass is 10.1. The molecule has 1 rings (SSSR count). The molecule has 0 aliphatic carbocycles. The number of amides is 1. The van der Waals surface area contributed by atoms with Crippen LogP contribution in [0.3, 0.4) is 0 Å². The maximum absolute atomic E-state index is 13.7. The van der Waals surface area contributed by atoms with Gasteiger partial charge in [0, 0.05) is 11.3 Å². The lowest BCUT2D eigenvalue weighted by Gasteiger charge is -2.19. The summed E-state index contributed by atoms with van der Waals surface area (Å²) in [6.07, 6.45) is -0.515. The Balaban J connectivity index is 2.79. The zero-order valence-corrected chi connectivity index (χ0v) is 11.2. The van der Waals surface area contributed by atoms with Crippen LogP contribution in [-0.2, 0) is 4.74 Å². The second-order valence-electron chi connectivity index (χ2n) is 5.04. The molecule has 0 aliphatic heterocycles.